The van der Waals surface area contributed by atoms with Crippen molar-refractivity contribution < 1.29 is 9.59 Å². The molecule has 2 fully saturated rings. The second kappa shape index (κ2) is 6.96. The number of amides is 2. The van der Waals surface area contributed by atoms with Crippen molar-refractivity contribution in [3.05, 3.63) is 29.3 Å². The molecule has 0 saturated heterocycles. The Balaban J connectivity index is 1.75. The van der Waals surface area contributed by atoms with E-state index in [0.717, 1.165) is 61.8 Å². The Morgan fingerprint density at radius 2 is 1.83 bits per heavy atom. The lowest BCUT2D eigenvalue weighted by molar-refractivity contribution is -0.134. The molecule has 130 valence electrons. The number of carbonyl (C=O) groups is 2. The number of rotatable bonds is 5. The Kier molecular flexibility index (Phi) is 4.93. The van der Waals surface area contributed by atoms with Crippen LogP contribution < -0.4 is 10.6 Å². The largest absolute Gasteiger partial charge is 0.353 e. The van der Waals surface area contributed by atoms with Gasteiger partial charge in [0.15, 0.2) is 0 Å². The highest BCUT2D eigenvalue weighted by atomic mass is 16.2. The van der Waals surface area contributed by atoms with Crippen molar-refractivity contribution in [1.29, 1.82) is 0 Å². The third kappa shape index (κ3) is 3.97. The first-order valence-corrected chi connectivity index (χ1v) is 9.17. The summed E-state index contributed by atoms with van der Waals surface area (Å²) in [6.45, 7) is 4.02. The predicted molar refractivity (Wildman–Crippen MR) is 95.8 cm³/mol. The Hall–Kier alpha value is -1.84. The fourth-order valence-electron chi connectivity index (χ4n) is 3.65. The summed E-state index contributed by atoms with van der Waals surface area (Å²) in [5.41, 5.74) is 2.50. The summed E-state index contributed by atoms with van der Waals surface area (Å²) < 4.78 is 0. The Morgan fingerprint density at radius 3 is 2.50 bits per heavy atom. The lowest BCUT2D eigenvalue weighted by atomic mass is 9.70. The quantitative estimate of drug-likeness (QED) is 0.862. The zero-order valence-electron chi connectivity index (χ0n) is 14.8. The standard InChI is InChI=1S/C20H28N2O2/c1-14-6-7-15(2)17(12-14)22-19(24)20(10-4-3-5-11-20)13-18(23)21-16-8-9-16/h6-7,12,16H,3-5,8-11,13H2,1-2H3,(H,21,23)(H,22,24). The van der Waals surface area contributed by atoms with Gasteiger partial charge in [-0.2, -0.15) is 0 Å². The van der Waals surface area contributed by atoms with Crippen LogP contribution in [0.25, 0.3) is 0 Å². The zero-order chi connectivity index (χ0) is 17.2. The molecule has 0 aromatic heterocycles. The maximum absolute atomic E-state index is 13.1. The fraction of sp³-hybridized carbons (Fsp3) is 0.600. The van der Waals surface area contributed by atoms with E-state index in [2.05, 4.69) is 10.6 Å². The van der Waals surface area contributed by atoms with Gasteiger partial charge in [0.05, 0.1) is 5.41 Å². The van der Waals surface area contributed by atoms with E-state index < -0.39 is 5.41 Å². The number of benzene rings is 1. The van der Waals surface area contributed by atoms with E-state index in [1.807, 2.05) is 32.0 Å². The first kappa shape index (κ1) is 17.0. The topological polar surface area (TPSA) is 58.2 Å². The van der Waals surface area contributed by atoms with Crippen LogP contribution in [-0.4, -0.2) is 17.9 Å². The van der Waals surface area contributed by atoms with Gasteiger partial charge in [-0.15, -0.1) is 0 Å². The molecule has 1 aromatic rings. The molecule has 2 aliphatic rings. The average molecular weight is 328 g/mol. The summed E-state index contributed by atoms with van der Waals surface area (Å²) in [6.07, 6.45) is 7.29. The van der Waals surface area contributed by atoms with Crippen LogP contribution in [0.5, 0.6) is 0 Å². The number of nitrogens with one attached hydrogen (secondary N) is 2. The van der Waals surface area contributed by atoms with E-state index in [1.54, 1.807) is 0 Å². The molecule has 1 aromatic carbocycles. The van der Waals surface area contributed by atoms with Gasteiger partial charge < -0.3 is 10.6 Å². The molecule has 3 rings (SSSR count). The zero-order valence-corrected chi connectivity index (χ0v) is 14.8. The van der Waals surface area contributed by atoms with Gasteiger partial charge in [0.2, 0.25) is 11.8 Å². The van der Waals surface area contributed by atoms with Crippen molar-refractivity contribution in [3.63, 3.8) is 0 Å². The normalized spacial score (nSPS) is 19.6. The van der Waals surface area contributed by atoms with Crippen LogP contribution in [0.1, 0.15) is 62.5 Å². The van der Waals surface area contributed by atoms with Gasteiger partial charge in [-0.1, -0.05) is 31.4 Å². The van der Waals surface area contributed by atoms with Gasteiger partial charge in [-0.05, 0) is 56.7 Å². The van der Waals surface area contributed by atoms with Crippen molar-refractivity contribution in [2.75, 3.05) is 5.32 Å². The first-order valence-electron chi connectivity index (χ1n) is 9.17. The summed E-state index contributed by atoms with van der Waals surface area (Å²) in [4.78, 5) is 25.5. The number of anilines is 1. The van der Waals surface area contributed by atoms with Crippen molar-refractivity contribution >= 4 is 17.5 Å². The van der Waals surface area contributed by atoms with E-state index in [1.165, 1.54) is 0 Å². The highest BCUT2D eigenvalue weighted by molar-refractivity contribution is 5.98. The van der Waals surface area contributed by atoms with Crippen LogP contribution in [-0.2, 0) is 9.59 Å². The van der Waals surface area contributed by atoms with Crippen LogP contribution in [0.4, 0.5) is 5.69 Å². The molecule has 4 heteroatoms. The molecule has 0 atom stereocenters. The molecule has 0 spiro atoms. The van der Waals surface area contributed by atoms with Crippen LogP contribution in [0.15, 0.2) is 18.2 Å². The van der Waals surface area contributed by atoms with E-state index in [9.17, 15) is 9.59 Å². The molecule has 0 aliphatic heterocycles. The Bertz CT molecular complexity index is 629. The first-order chi connectivity index (χ1) is 11.5. The van der Waals surface area contributed by atoms with Gasteiger partial charge in [0.1, 0.15) is 0 Å². The summed E-state index contributed by atoms with van der Waals surface area (Å²) in [5.74, 6) is 0.0531. The molecule has 2 amide bonds. The van der Waals surface area contributed by atoms with Crippen LogP contribution in [0.2, 0.25) is 0 Å². The van der Waals surface area contributed by atoms with Crippen molar-refractivity contribution in [3.8, 4) is 0 Å². The van der Waals surface area contributed by atoms with Crippen molar-refractivity contribution in [2.45, 2.75) is 71.3 Å². The smallest absolute Gasteiger partial charge is 0.231 e. The summed E-state index contributed by atoms with van der Waals surface area (Å²) in [6, 6.07) is 6.43. The number of hydrogen-bond acceptors (Lipinski definition) is 2. The molecular formula is C20H28N2O2. The molecule has 0 bridgehead atoms. The molecule has 2 saturated carbocycles. The van der Waals surface area contributed by atoms with Gasteiger partial charge >= 0.3 is 0 Å². The summed E-state index contributed by atoms with van der Waals surface area (Å²) in [7, 11) is 0. The third-order valence-corrected chi connectivity index (χ3v) is 5.38. The number of hydrogen-bond donors (Lipinski definition) is 2. The molecule has 24 heavy (non-hydrogen) atoms. The lowest BCUT2D eigenvalue weighted by Gasteiger charge is -2.35. The highest BCUT2D eigenvalue weighted by Gasteiger charge is 2.42. The van der Waals surface area contributed by atoms with Crippen LogP contribution in [0, 0.1) is 19.3 Å². The predicted octanol–water partition coefficient (Wildman–Crippen LogP) is 3.86. The van der Waals surface area contributed by atoms with Crippen molar-refractivity contribution in [2.24, 2.45) is 5.41 Å². The number of carbonyl (C=O) groups excluding carboxylic acids is 2. The van der Waals surface area contributed by atoms with Crippen LogP contribution in [0.3, 0.4) is 0 Å². The summed E-state index contributed by atoms with van der Waals surface area (Å²) in [5, 5.41) is 6.16. The SMILES string of the molecule is Cc1ccc(C)c(NC(=O)C2(CC(=O)NC3CC3)CCCCC2)c1. The Labute approximate surface area is 144 Å². The molecule has 2 aliphatic carbocycles. The minimum atomic E-state index is -0.548. The second-order valence-corrected chi connectivity index (χ2v) is 7.63. The van der Waals surface area contributed by atoms with E-state index in [-0.39, 0.29) is 11.8 Å². The van der Waals surface area contributed by atoms with E-state index in [0.29, 0.717) is 12.5 Å². The lowest BCUT2D eigenvalue weighted by Crippen LogP contribution is -2.42. The molecule has 0 heterocycles. The van der Waals surface area contributed by atoms with E-state index in [4.69, 9.17) is 0 Å². The monoisotopic (exact) mass is 328 g/mol. The molecule has 2 N–H and O–H groups in total. The van der Waals surface area contributed by atoms with Gasteiger partial charge in [-0.3, -0.25) is 9.59 Å². The molecule has 4 nitrogen and oxygen atoms in total. The fourth-order valence-corrected chi connectivity index (χ4v) is 3.65. The minimum Gasteiger partial charge on any atom is -0.353 e. The maximum atomic E-state index is 13.1. The van der Waals surface area contributed by atoms with Gasteiger partial charge in [0, 0.05) is 18.2 Å². The van der Waals surface area contributed by atoms with Gasteiger partial charge in [0.25, 0.3) is 0 Å². The average Bonchev–Trinajstić information content (AvgIpc) is 3.35. The molecule has 0 radical (unpaired) electrons. The van der Waals surface area contributed by atoms with Crippen LogP contribution >= 0.6 is 0 Å². The van der Waals surface area contributed by atoms with Gasteiger partial charge in [-0.25, -0.2) is 0 Å². The molecule has 0 unspecified atom stereocenters. The summed E-state index contributed by atoms with van der Waals surface area (Å²) >= 11 is 0. The van der Waals surface area contributed by atoms with E-state index >= 15 is 0 Å². The minimum absolute atomic E-state index is 0.0156. The second-order valence-electron chi connectivity index (χ2n) is 7.63. The maximum Gasteiger partial charge on any atom is 0.231 e. The number of aryl methyl sites for hydroxylation is 2. The third-order valence-electron chi connectivity index (χ3n) is 5.38. The molecular weight excluding hydrogens is 300 g/mol. The van der Waals surface area contributed by atoms with Crippen molar-refractivity contribution in [1.82, 2.24) is 5.32 Å². The highest BCUT2D eigenvalue weighted by Crippen LogP contribution is 2.41. The Morgan fingerprint density at radius 1 is 1.12 bits per heavy atom.